The number of rotatable bonds is 6. The molecule has 0 aliphatic heterocycles. The summed E-state index contributed by atoms with van der Waals surface area (Å²) in [6, 6.07) is 12.6. The molecular formula is C18H23IN4O2. The molecule has 134 valence electrons. The second kappa shape index (κ2) is 9.97. The average Bonchev–Trinajstić information content (AvgIpc) is 2.60. The zero-order valence-electron chi connectivity index (χ0n) is 14.4. The van der Waals surface area contributed by atoms with Gasteiger partial charge in [0.05, 0.1) is 11.5 Å². The summed E-state index contributed by atoms with van der Waals surface area (Å²) in [4.78, 5) is 14.7. The lowest BCUT2D eigenvalue weighted by Crippen LogP contribution is -2.24. The number of hydrogen-bond acceptors (Lipinski definition) is 3. The summed E-state index contributed by atoms with van der Waals surface area (Å²) >= 11 is 0. The predicted octanol–water partition coefficient (Wildman–Crippen LogP) is 4.26. The highest BCUT2D eigenvalue weighted by molar-refractivity contribution is 14.0. The molecule has 0 fully saturated rings. The summed E-state index contributed by atoms with van der Waals surface area (Å²) < 4.78 is 0. The SMILES string of the molecule is CCc1cccc(CC)c1NC(N)=NCc1cccc([N+](=O)[O-])c1.I. The molecule has 0 bridgehead atoms. The molecule has 2 rings (SSSR count). The molecule has 0 saturated carbocycles. The number of halogens is 1. The van der Waals surface area contributed by atoms with Gasteiger partial charge in [0.2, 0.25) is 0 Å². The number of aliphatic imine (C=N–C) groups is 1. The van der Waals surface area contributed by atoms with Crippen LogP contribution in [0.25, 0.3) is 0 Å². The molecule has 2 aromatic carbocycles. The van der Waals surface area contributed by atoms with Crippen molar-refractivity contribution >= 4 is 41.3 Å². The molecule has 0 heterocycles. The first kappa shape index (κ1) is 20.9. The molecule has 6 nitrogen and oxygen atoms in total. The van der Waals surface area contributed by atoms with Crippen molar-refractivity contribution in [3.63, 3.8) is 0 Å². The van der Waals surface area contributed by atoms with E-state index in [0.29, 0.717) is 5.96 Å². The average molecular weight is 454 g/mol. The van der Waals surface area contributed by atoms with Gasteiger partial charge in [-0.2, -0.15) is 0 Å². The van der Waals surface area contributed by atoms with Crippen LogP contribution in [-0.2, 0) is 19.4 Å². The van der Waals surface area contributed by atoms with E-state index in [-0.39, 0.29) is 36.2 Å². The number of nitro benzene ring substituents is 1. The van der Waals surface area contributed by atoms with E-state index in [2.05, 4.69) is 36.3 Å². The van der Waals surface area contributed by atoms with Gasteiger partial charge in [-0.25, -0.2) is 4.99 Å². The highest BCUT2D eigenvalue weighted by atomic mass is 127. The fourth-order valence-corrected chi connectivity index (χ4v) is 2.52. The Morgan fingerprint density at radius 1 is 1.16 bits per heavy atom. The predicted molar refractivity (Wildman–Crippen MR) is 113 cm³/mol. The van der Waals surface area contributed by atoms with E-state index >= 15 is 0 Å². The summed E-state index contributed by atoms with van der Waals surface area (Å²) in [5, 5.41) is 14.0. The van der Waals surface area contributed by atoms with Crippen molar-refractivity contribution in [3.8, 4) is 0 Å². The zero-order chi connectivity index (χ0) is 17.5. The Balaban J connectivity index is 0.00000312. The lowest BCUT2D eigenvalue weighted by atomic mass is 10.0. The van der Waals surface area contributed by atoms with Crippen molar-refractivity contribution in [3.05, 3.63) is 69.3 Å². The number of nitro groups is 1. The van der Waals surface area contributed by atoms with Crippen LogP contribution < -0.4 is 11.1 Å². The van der Waals surface area contributed by atoms with Crippen molar-refractivity contribution in [2.75, 3.05) is 5.32 Å². The van der Waals surface area contributed by atoms with Crippen molar-refractivity contribution in [1.29, 1.82) is 0 Å². The van der Waals surface area contributed by atoms with Crippen molar-refractivity contribution < 1.29 is 4.92 Å². The largest absolute Gasteiger partial charge is 0.370 e. The first-order chi connectivity index (χ1) is 11.5. The molecule has 0 aliphatic carbocycles. The fourth-order valence-electron chi connectivity index (χ4n) is 2.52. The van der Waals surface area contributed by atoms with E-state index in [4.69, 9.17) is 5.73 Å². The minimum absolute atomic E-state index is 0. The van der Waals surface area contributed by atoms with E-state index in [1.54, 1.807) is 12.1 Å². The van der Waals surface area contributed by atoms with E-state index in [1.807, 2.05) is 6.07 Å². The number of hydrogen-bond donors (Lipinski definition) is 2. The second-order valence-electron chi connectivity index (χ2n) is 5.41. The Morgan fingerprint density at radius 2 is 1.76 bits per heavy atom. The van der Waals surface area contributed by atoms with Crippen LogP contribution in [0.5, 0.6) is 0 Å². The number of nitrogens with zero attached hydrogens (tertiary/aromatic N) is 2. The minimum Gasteiger partial charge on any atom is -0.370 e. The molecule has 0 aromatic heterocycles. The monoisotopic (exact) mass is 454 g/mol. The summed E-state index contributed by atoms with van der Waals surface area (Å²) in [7, 11) is 0. The lowest BCUT2D eigenvalue weighted by Gasteiger charge is -2.14. The van der Waals surface area contributed by atoms with Crippen LogP contribution in [0.1, 0.15) is 30.5 Å². The fraction of sp³-hybridized carbons (Fsp3) is 0.278. The van der Waals surface area contributed by atoms with Gasteiger partial charge in [0.15, 0.2) is 5.96 Å². The first-order valence-electron chi connectivity index (χ1n) is 7.96. The molecule has 2 aromatic rings. The summed E-state index contributed by atoms with van der Waals surface area (Å²) in [5.74, 6) is 0.303. The van der Waals surface area contributed by atoms with Gasteiger partial charge in [0, 0.05) is 17.8 Å². The van der Waals surface area contributed by atoms with Crippen molar-refractivity contribution in [2.24, 2.45) is 10.7 Å². The standard InChI is InChI=1S/C18H22N4O2.HI/c1-3-14-8-6-9-15(4-2)17(14)21-18(19)20-12-13-7-5-10-16(11-13)22(23)24;/h5-11H,3-4,12H2,1-2H3,(H3,19,20,21);1H. The number of non-ortho nitro benzene ring substituents is 1. The van der Waals surface area contributed by atoms with Crippen LogP contribution in [0.3, 0.4) is 0 Å². The molecular weight excluding hydrogens is 431 g/mol. The molecule has 3 N–H and O–H groups in total. The Bertz CT molecular complexity index is 740. The molecule has 0 unspecified atom stereocenters. The Kier molecular flexibility index (Phi) is 8.33. The third-order valence-corrected chi connectivity index (χ3v) is 3.81. The third-order valence-electron chi connectivity index (χ3n) is 3.81. The molecule has 0 aliphatic rings. The smallest absolute Gasteiger partial charge is 0.269 e. The molecule has 25 heavy (non-hydrogen) atoms. The molecule has 0 atom stereocenters. The summed E-state index contributed by atoms with van der Waals surface area (Å²) in [5.41, 5.74) is 10.2. The molecule has 0 spiro atoms. The molecule has 7 heteroatoms. The Labute approximate surface area is 164 Å². The third kappa shape index (κ3) is 5.70. The number of guanidine groups is 1. The van der Waals surface area contributed by atoms with Crippen LogP contribution in [0.4, 0.5) is 11.4 Å². The zero-order valence-corrected chi connectivity index (χ0v) is 16.7. The van der Waals surface area contributed by atoms with Gasteiger partial charge in [0.25, 0.3) is 5.69 Å². The first-order valence-corrected chi connectivity index (χ1v) is 7.96. The lowest BCUT2D eigenvalue weighted by molar-refractivity contribution is -0.384. The number of anilines is 1. The van der Waals surface area contributed by atoms with Crippen molar-refractivity contribution in [2.45, 2.75) is 33.2 Å². The van der Waals surface area contributed by atoms with Gasteiger partial charge >= 0.3 is 0 Å². The molecule has 0 amide bonds. The quantitative estimate of drug-likeness (QED) is 0.224. The summed E-state index contributed by atoms with van der Waals surface area (Å²) in [6.45, 7) is 4.48. The van der Waals surface area contributed by atoms with Crippen LogP contribution >= 0.6 is 24.0 Å². The van der Waals surface area contributed by atoms with Crippen molar-refractivity contribution in [1.82, 2.24) is 0 Å². The maximum Gasteiger partial charge on any atom is 0.269 e. The van der Waals surface area contributed by atoms with Gasteiger partial charge in [0.1, 0.15) is 0 Å². The van der Waals surface area contributed by atoms with Crippen LogP contribution in [0, 0.1) is 10.1 Å². The topological polar surface area (TPSA) is 93.5 Å². The Morgan fingerprint density at radius 3 is 2.32 bits per heavy atom. The maximum absolute atomic E-state index is 10.8. The van der Waals surface area contributed by atoms with Gasteiger partial charge < -0.3 is 11.1 Å². The highest BCUT2D eigenvalue weighted by Crippen LogP contribution is 2.22. The number of nitrogens with two attached hydrogens (primary N) is 1. The number of aryl methyl sites for hydroxylation is 2. The highest BCUT2D eigenvalue weighted by Gasteiger charge is 2.08. The van der Waals surface area contributed by atoms with Gasteiger partial charge in [-0.05, 0) is 29.5 Å². The van der Waals surface area contributed by atoms with E-state index in [1.165, 1.54) is 23.3 Å². The van der Waals surface area contributed by atoms with Gasteiger partial charge in [-0.3, -0.25) is 10.1 Å². The number of nitrogens with one attached hydrogen (secondary N) is 1. The maximum atomic E-state index is 10.8. The van der Waals surface area contributed by atoms with E-state index in [9.17, 15) is 10.1 Å². The number of benzene rings is 2. The van der Waals surface area contributed by atoms with E-state index < -0.39 is 4.92 Å². The van der Waals surface area contributed by atoms with Crippen LogP contribution in [0.2, 0.25) is 0 Å². The van der Waals surface area contributed by atoms with E-state index in [0.717, 1.165) is 24.1 Å². The normalized spacial score (nSPS) is 10.9. The minimum atomic E-state index is -0.417. The Hall–Kier alpha value is -2.16. The van der Waals surface area contributed by atoms with Gasteiger partial charge in [-0.1, -0.05) is 44.2 Å². The molecule has 0 saturated heterocycles. The van der Waals surface area contributed by atoms with Crippen LogP contribution in [-0.4, -0.2) is 10.9 Å². The second-order valence-corrected chi connectivity index (χ2v) is 5.41. The number of para-hydroxylation sites is 1. The molecule has 0 radical (unpaired) electrons. The summed E-state index contributed by atoms with van der Waals surface area (Å²) in [6.07, 6.45) is 1.79. The van der Waals surface area contributed by atoms with Crippen LogP contribution in [0.15, 0.2) is 47.5 Å². The van der Waals surface area contributed by atoms with Gasteiger partial charge in [-0.15, -0.1) is 24.0 Å².